The highest BCUT2D eigenvalue weighted by Gasteiger charge is 2.20. The van der Waals surface area contributed by atoms with Crippen LogP contribution in [0.15, 0.2) is 36.4 Å². The van der Waals surface area contributed by atoms with E-state index in [2.05, 4.69) is 0 Å². The Hall–Kier alpha value is -2.30. The Morgan fingerprint density at radius 3 is 2.29 bits per heavy atom. The number of nitrogens with two attached hydrogens (primary N) is 1. The van der Waals surface area contributed by atoms with Crippen molar-refractivity contribution in [1.82, 2.24) is 0 Å². The van der Waals surface area contributed by atoms with Gasteiger partial charge in [-0.25, -0.2) is 13.2 Å². The van der Waals surface area contributed by atoms with Gasteiger partial charge in [0, 0.05) is 12.1 Å². The van der Waals surface area contributed by atoms with Gasteiger partial charge in [0.05, 0.1) is 5.56 Å². The van der Waals surface area contributed by atoms with E-state index in [1.165, 1.54) is 0 Å². The van der Waals surface area contributed by atoms with Gasteiger partial charge in [0.2, 0.25) is 0 Å². The number of ketones is 1. The Kier molecular flexibility index (Phi) is 4.31. The van der Waals surface area contributed by atoms with Crippen LogP contribution >= 0.6 is 0 Å². The molecule has 0 aliphatic heterocycles. The normalized spacial score (nSPS) is 12.2. The van der Waals surface area contributed by atoms with Crippen LogP contribution in [-0.4, -0.2) is 5.78 Å². The fourth-order valence-electron chi connectivity index (χ4n) is 2.07. The fraction of sp³-hybridized carbons (Fsp3) is 0.188. The van der Waals surface area contributed by atoms with E-state index < -0.39 is 28.8 Å². The highest BCUT2D eigenvalue weighted by molar-refractivity contribution is 5.96. The Bertz CT molecular complexity index is 668. The maximum Gasteiger partial charge on any atom is 0.195 e. The highest BCUT2D eigenvalue weighted by atomic mass is 19.2. The first kappa shape index (κ1) is 15.1. The molecule has 2 aromatic rings. The topological polar surface area (TPSA) is 43.1 Å². The van der Waals surface area contributed by atoms with Gasteiger partial charge in [-0.2, -0.15) is 0 Å². The second kappa shape index (κ2) is 5.99. The van der Waals surface area contributed by atoms with Gasteiger partial charge in [-0.15, -0.1) is 0 Å². The van der Waals surface area contributed by atoms with E-state index in [4.69, 9.17) is 5.73 Å². The summed E-state index contributed by atoms with van der Waals surface area (Å²) in [6, 6.07) is 8.66. The molecular weight excluding hydrogens is 279 g/mol. The molecule has 2 N–H and O–H groups in total. The molecule has 2 rings (SSSR count). The number of carbonyl (C=O) groups is 1. The minimum absolute atomic E-state index is 0.00803. The zero-order valence-corrected chi connectivity index (χ0v) is 11.4. The molecular formula is C16H14F3NO. The van der Waals surface area contributed by atoms with Gasteiger partial charge < -0.3 is 5.73 Å². The fourth-order valence-corrected chi connectivity index (χ4v) is 2.07. The van der Waals surface area contributed by atoms with Gasteiger partial charge in [-0.05, 0) is 35.7 Å². The van der Waals surface area contributed by atoms with E-state index in [0.717, 1.165) is 17.7 Å². The molecule has 0 saturated heterocycles. The van der Waals surface area contributed by atoms with Crippen molar-refractivity contribution >= 4 is 11.5 Å². The maximum atomic E-state index is 13.6. The molecule has 0 saturated carbocycles. The van der Waals surface area contributed by atoms with Crippen molar-refractivity contribution in [2.75, 3.05) is 5.73 Å². The first-order chi connectivity index (χ1) is 9.90. The summed E-state index contributed by atoms with van der Waals surface area (Å²) in [5.74, 6) is -5.14. The number of rotatable bonds is 4. The van der Waals surface area contributed by atoms with E-state index >= 15 is 0 Å². The number of benzene rings is 2. The maximum absolute atomic E-state index is 13.6. The van der Waals surface area contributed by atoms with Gasteiger partial charge >= 0.3 is 0 Å². The Balaban J connectivity index is 2.18. The zero-order valence-electron chi connectivity index (χ0n) is 11.4. The highest BCUT2D eigenvalue weighted by Crippen LogP contribution is 2.24. The quantitative estimate of drug-likeness (QED) is 0.525. The first-order valence-corrected chi connectivity index (χ1v) is 6.42. The molecule has 2 nitrogen and oxygen atoms in total. The molecule has 0 aliphatic rings. The summed E-state index contributed by atoms with van der Waals surface area (Å²) in [5.41, 5.74) is 6.60. The smallest absolute Gasteiger partial charge is 0.195 e. The summed E-state index contributed by atoms with van der Waals surface area (Å²) in [6.45, 7) is 1.79. The molecule has 0 radical (unpaired) electrons. The lowest BCUT2D eigenvalue weighted by molar-refractivity contribution is 0.0970. The van der Waals surface area contributed by atoms with Crippen molar-refractivity contribution in [2.24, 2.45) is 0 Å². The molecule has 0 spiro atoms. The van der Waals surface area contributed by atoms with Gasteiger partial charge in [-0.1, -0.05) is 19.1 Å². The van der Waals surface area contributed by atoms with Crippen molar-refractivity contribution in [3.63, 3.8) is 0 Å². The molecule has 1 atom stereocenters. The number of carbonyl (C=O) groups excluding carboxylic acids is 1. The van der Waals surface area contributed by atoms with E-state index in [9.17, 15) is 18.0 Å². The summed E-state index contributed by atoms with van der Waals surface area (Å²) in [4.78, 5) is 12.0. The second-order valence-corrected chi connectivity index (χ2v) is 4.92. The number of halogens is 3. The van der Waals surface area contributed by atoms with Crippen LogP contribution in [0.4, 0.5) is 18.9 Å². The van der Waals surface area contributed by atoms with Crippen LogP contribution in [0.25, 0.3) is 0 Å². The average molecular weight is 293 g/mol. The summed E-state index contributed by atoms with van der Waals surface area (Å²) < 4.78 is 39.6. The Labute approximate surface area is 120 Å². The molecule has 21 heavy (non-hydrogen) atoms. The number of anilines is 1. The van der Waals surface area contributed by atoms with Crippen LogP contribution in [-0.2, 0) is 0 Å². The van der Waals surface area contributed by atoms with Gasteiger partial charge in [0.15, 0.2) is 23.2 Å². The minimum atomic E-state index is -1.62. The van der Waals surface area contributed by atoms with Gasteiger partial charge in [0.1, 0.15) is 0 Å². The molecule has 5 heteroatoms. The zero-order chi connectivity index (χ0) is 15.6. The van der Waals surface area contributed by atoms with Gasteiger partial charge in [-0.3, -0.25) is 4.79 Å². The number of Topliss-reactive ketones (excluding diaryl/α,β-unsaturated/α-hetero) is 1. The standard InChI is InChI=1S/C16H14F3NO/c1-9(10-2-4-11(20)5-3-10)8-14(21)12-6-7-13(17)16(19)15(12)18/h2-7,9H,8,20H2,1H3. The van der Waals surface area contributed by atoms with Crippen molar-refractivity contribution in [3.05, 3.63) is 65.0 Å². The van der Waals surface area contributed by atoms with Crippen LogP contribution < -0.4 is 5.73 Å². The van der Waals surface area contributed by atoms with Crippen LogP contribution in [0.1, 0.15) is 35.2 Å². The van der Waals surface area contributed by atoms with Gasteiger partial charge in [0.25, 0.3) is 0 Å². The SMILES string of the molecule is CC(CC(=O)c1ccc(F)c(F)c1F)c1ccc(N)cc1. The minimum Gasteiger partial charge on any atom is -0.399 e. The number of hydrogen-bond donors (Lipinski definition) is 1. The predicted octanol–water partition coefficient (Wildman–Crippen LogP) is 4.06. The largest absolute Gasteiger partial charge is 0.399 e. The molecule has 110 valence electrons. The second-order valence-electron chi connectivity index (χ2n) is 4.92. The van der Waals surface area contributed by atoms with Crippen molar-refractivity contribution < 1.29 is 18.0 Å². The third kappa shape index (κ3) is 3.24. The Morgan fingerprint density at radius 2 is 1.67 bits per heavy atom. The summed E-state index contributed by atoms with van der Waals surface area (Å²) >= 11 is 0. The average Bonchev–Trinajstić information content (AvgIpc) is 2.45. The van der Waals surface area contributed by atoms with Crippen LogP contribution in [0.3, 0.4) is 0 Å². The molecule has 0 aromatic heterocycles. The third-order valence-electron chi connectivity index (χ3n) is 3.33. The number of hydrogen-bond acceptors (Lipinski definition) is 2. The summed E-state index contributed by atoms with van der Waals surface area (Å²) in [5, 5.41) is 0. The molecule has 0 fully saturated rings. The molecule has 0 bridgehead atoms. The summed E-state index contributed by atoms with van der Waals surface area (Å²) in [7, 11) is 0. The molecule has 0 aliphatic carbocycles. The molecule has 1 unspecified atom stereocenters. The molecule has 2 aromatic carbocycles. The van der Waals surface area contributed by atoms with Crippen molar-refractivity contribution in [2.45, 2.75) is 19.3 Å². The van der Waals surface area contributed by atoms with Crippen LogP contribution in [0.5, 0.6) is 0 Å². The third-order valence-corrected chi connectivity index (χ3v) is 3.33. The number of nitrogen functional groups attached to an aromatic ring is 1. The molecule has 0 heterocycles. The lowest BCUT2D eigenvalue weighted by Gasteiger charge is -2.12. The summed E-state index contributed by atoms with van der Waals surface area (Å²) in [6.07, 6.45) is -0.00803. The van der Waals surface area contributed by atoms with Crippen molar-refractivity contribution in [1.29, 1.82) is 0 Å². The monoisotopic (exact) mass is 293 g/mol. The lowest BCUT2D eigenvalue weighted by Crippen LogP contribution is -2.09. The van der Waals surface area contributed by atoms with E-state index in [1.807, 2.05) is 0 Å². The van der Waals surface area contributed by atoms with E-state index in [-0.39, 0.29) is 12.3 Å². The van der Waals surface area contributed by atoms with Crippen LogP contribution in [0, 0.1) is 17.5 Å². The van der Waals surface area contributed by atoms with Crippen molar-refractivity contribution in [3.8, 4) is 0 Å². The van der Waals surface area contributed by atoms with E-state index in [1.54, 1.807) is 31.2 Å². The van der Waals surface area contributed by atoms with Crippen LogP contribution in [0.2, 0.25) is 0 Å². The Morgan fingerprint density at radius 1 is 1.05 bits per heavy atom. The molecule has 0 amide bonds. The predicted molar refractivity (Wildman–Crippen MR) is 74.5 cm³/mol. The first-order valence-electron chi connectivity index (χ1n) is 6.42. The lowest BCUT2D eigenvalue weighted by atomic mass is 9.93. The van der Waals surface area contributed by atoms with E-state index in [0.29, 0.717) is 5.69 Å².